The highest BCUT2D eigenvalue weighted by Gasteiger charge is 2.31. The molecule has 33 heavy (non-hydrogen) atoms. The van der Waals surface area contributed by atoms with E-state index in [0.29, 0.717) is 28.5 Å². The zero-order valence-corrected chi connectivity index (χ0v) is 18.8. The number of aryl methyl sites for hydroxylation is 2. The van der Waals surface area contributed by atoms with E-state index in [1.54, 1.807) is 28.4 Å². The van der Waals surface area contributed by atoms with Gasteiger partial charge in [0.2, 0.25) is 0 Å². The number of piperazine rings is 1. The van der Waals surface area contributed by atoms with Crippen molar-refractivity contribution in [2.45, 2.75) is 25.8 Å². The fourth-order valence-corrected chi connectivity index (χ4v) is 5.32. The van der Waals surface area contributed by atoms with Crippen LogP contribution in [0.1, 0.15) is 28.9 Å². The van der Waals surface area contributed by atoms with Gasteiger partial charge in [-0.2, -0.15) is 5.10 Å². The lowest BCUT2D eigenvalue weighted by molar-refractivity contribution is 0.102. The minimum absolute atomic E-state index is 0.240. The number of halogens is 1. The van der Waals surface area contributed by atoms with E-state index in [4.69, 9.17) is 0 Å². The Balaban J connectivity index is 1.33. The first-order chi connectivity index (χ1) is 16.0. The topological polar surface area (TPSA) is 70.7 Å². The van der Waals surface area contributed by atoms with Crippen LogP contribution in [-0.4, -0.2) is 62.2 Å². The van der Waals surface area contributed by atoms with E-state index in [0.717, 1.165) is 30.7 Å². The summed E-state index contributed by atoms with van der Waals surface area (Å²) in [7, 11) is 1.87. The summed E-state index contributed by atoms with van der Waals surface area (Å²) in [6.45, 7) is 6.03. The van der Waals surface area contributed by atoms with E-state index in [9.17, 15) is 9.18 Å². The Morgan fingerprint density at radius 2 is 2.06 bits per heavy atom. The van der Waals surface area contributed by atoms with Crippen molar-refractivity contribution >= 4 is 33.8 Å². The maximum atomic E-state index is 14.5. The third-order valence-corrected chi connectivity index (χ3v) is 6.83. The lowest BCUT2D eigenvalue weighted by Crippen LogP contribution is -2.50. The summed E-state index contributed by atoms with van der Waals surface area (Å²) in [5, 5.41) is 8.39. The van der Waals surface area contributed by atoms with Crippen LogP contribution in [0.4, 0.5) is 15.8 Å². The Labute approximate surface area is 190 Å². The third kappa shape index (κ3) is 3.43. The number of nitrogens with zero attached hydrogens (tertiary/aromatic N) is 6. The molecule has 1 aromatic carbocycles. The number of carbonyl (C=O) groups excluding carboxylic acids is 1. The number of imidazole rings is 1. The van der Waals surface area contributed by atoms with Crippen LogP contribution < -0.4 is 10.2 Å². The molecule has 6 rings (SSSR count). The summed E-state index contributed by atoms with van der Waals surface area (Å²) in [5.74, 6) is -0.799. The Kier molecular flexibility index (Phi) is 4.62. The van der Waals surface area contributed by atoms with Crippen molar-refractivity contribution in [1.82, 2.24) is 24.1 Å². The minimum Gasteiger partial charge on any atom is -0.368 e. The van der Waals surface area contributed by atoms with Crippen molar-refractivity contribution in [2.24, 2.45) is 7.05 Å². The van der Waals surface area contributed by atoms with Crippen LogP contribution in [0.25, 0.3) is 16.6 Å². The second-order valence-electron chi connectivity index (χ2n) is 9.12. The number of rotatable bonds is 3. The third-order valence-electron chi connectivity index (χ3n) is 6.83. The first-order valence-corrected chi connectivity index (χ1v) is 11.4. The average molecular weight is 448 g/mol. The second-order valence-corrected chi connectivity index (χ2v) is 9.12. The molecule has 4 aromatic rings. The van der Waals surface area contributed by atoms with Crippen LogP contribution >= 0.6 is 0 Å². The summed E-state index contributed by atoms with van der Waals surface area (Å²) in [6.07, 6.45) is 7.88. The van der Waals surface area contributed by atoms with Gasteiger partial charge in [0, 0.05) is 68.5 Å². The van der Waals surface area contributed by atoms with Crippen LogP contribution in [-0.2, 0) is 7.05 Å². The average Bonchev–Trinajstić information content (AvgIpc) is 3.49. The zero-order valence-electron chi connectivity index (χ0n) is 18.8. The minimum atomic E-state index is -0.481. The fourth-order valence-electron chi connectivity index (χ4n) is 5.32. The first-order valence-electron chi connectivity index (χ1n) is 11.4. The largest absolute Gasteiger partial charge is 0.368 e. The molecule has 3 aromatic heterocycles. The van der Waals surface area contributed by atoms with Crippen LogP contribution in [0, 0.1) is 12.7 Å². The molecule has 1 N–H and O–H groups in total. The molecule has 8 nitrogen and oxygen atoms in total. The van der Waals surface area contributed by atoms with Crippen molar-refractivity contribution < 1.29 is 9.18 Å². The van der Waals surface area contributed by atoms with Gasteiger partial charge in [-0.05, 0) is 38.4 Å². The van der Waals surface area contributed by atoms with Crippen LogP contribution in [0.15, 0.2) is 36.8 Å². The number of hydrogen-bond acceptors (Lipinski definition) is 5. The summed E-state index contributed by atoms with van der Waals surface area (Å²) in [5.41, 5.74) is 3.55. The molecule has 0 spiro atoms. The van der Waals surface area contributed by atoms with Gasteiger partial charge in [-0.3, -0.25) is 14.4 Å². The summed E-state index contributed by atoms with van der Waals surface area (Å²) in [6, 6.07) is 5.75. The van der Waals surface area contributed by atoms with E-state index in [2.05, 4.69) is 25.2 Å². The standard InChI is InChI=1S/C24H26FN7O/c1-15-11-32-12-16(10-20(25)23(32)26-15)27-24(33)18-5-6-21(19-14-29(2)28-22(18)19)31-9-8-30-7-3-4-17(30)13-31/h5-6,10-12,14,17H,3-4,7-9,13H2,1-2H3,(H,27,33). The van der Waals surface area contributed by atoms with E-state index < -0.39 is 5.82 Å². The van der Waals surface area contributed by atoms with Crippen molar-refractivity contribution in [2.75, 3.05) is 36.4 Å². The fraction of sp³-hybridized carbons (Fsp3) is 0.375. The number of pyridine rings is 1. The normalized spacial score (nSPS) is 18.9. The van der Waals surface area contributed by atoms with Gasteiger partial charge in [0.05, 0.1) is 16.9 Å². The monoisotopic (exact) mass is 447 g/mol. The molecular weight excluding hydrogens is 421 g/mol. The number of nitrogens with one attached hydrogen (secondary N) is 1. The molecule has 2 fully saturated rings. The predicted molar refractivity (Wildman–Crippen MR) is 125 cm³/mol. The number of aromatic nitrogens is 4. The highest BCUT2D eigenvalue weighted by molar-refractivity contribution is 6.13. The molecule has 9 heteroatoms. The number of carbonyl (C=O) groups is 1. The van der Waals surface area contributed by atoms with Gasteiger partial charge in [-0.25, -0.2) is 9.37 Å². The smallest absolute Gasteiger partial charge is 0.257 e. The molecule has 0 saturated carbocycles. The van der Waals surface area contributed by atoms with Gasteiger partial charge in [0.15, 0.2) is 11.5 Å². The summed E-state index contributed by atoms with van der Waals surface area (Å²) >= 11 is 0. The van der Waals surface area contributed by atoms with Gasteiger partial charge >= 0.3 is 0 Å². The summed E-state index contributed by atoms with van der Waals surface area (Å²) < 4.78 is 17.8. The maximum Gasteiger partial charge on any atom is 0.257 e. The van der Waals surface area contributed by atoms with Crippen LogP contribution in [0.2, 0.25) is 0 Å². The number of fused-ring (bicyclic) bond motifs is 3. The number of amides is 1. The highest BCUT2D eigenvalue weighted by Crippen LogP contribution is 2.32. The molecule has 5 heterocycles. The van der Waals surface area contributed by atoms with Crippen molar-refractivity contribution in [3.05, 3.63) is 53.9 Å². The molecule has 170 valence electrons. The van der Waals surface area contributed by atoms with Gasteiger partial charge in [-0.15, -0.1) is 0 Å². The molecule has 2 saturated heterocycles. The Morgan fingerprint density at radius 1 is 1.18 bits per heavy atom. The van der Waals surface area contributed by atoms with Crippen LogP contribution in [0.5, 0.6) is 0 Å². The molecule has 1 amide bonds. The second kappa shape index (κ2) is 7.55. The van der Waals surface area contributed by atoms with Gasteiger partial charge in [-0.1, -0.05) is 0 Å². The van der Waals surface area contributed by atoms with Gasteiger partial charge in [0.25, 0.3) is 5.91 Å². The molecule has 1 atom stereocenters. The Bertz CT molecular complexity index is 1390. The quantitative estimate of drug-likeness (QED) is 0.522. The number of hydrogen-bond donors (Lipinski definition) is 1. The van der Waals surface area contributed by atoms with Crippen molar-refractivity contribution in [1.29, 1.82) is 0 Å². The maximum absolute atomic E-state index is 14.5. The lowest BCUT2D eigenvalue weighted by atomic mass is 10.1. The zero-order chi connectivity index (χ0) is 22.7. The molecule has 2 aliphatic heterocycles. The van der Waals surface area contributed by atoms with E-state index in [1.165, 1.54) is 25.5 Å². The van der Waals surface area contributed by atoms with Gasteiger partial charge < -0.3 is 14.6 Å². The van der Waals surface area contributed by atoms with E-state index in [-0.39, 0.29) is 11.6 Å². The highest BCUT2D eigenvalue weighted by atomic mass is 19.1. The number of benzene rings is 1. The lowest BCUT2D eigenvalue weighted by Gasteiger charge is -2.39. The van der Waals surface area contributed by atoms with E-state index in [1.807, 2.05) is 25.4 Å². The Hall–Kier alpha value is -3.46. The molecule has 0 bridgehead atoms. The predicted octanol–water partition coefficient (Wildman–Crippen LogP) is 3.21. The molecular formula is C24H26FN7O. The van der Waals surface area contributed by atoms with Gasteiger partial charge in [0.1, 0.15) is 5.52 Å². The molecule has 0 radical (unpaired) electrons. The van der Waals surface area contributed by atoms with Crippen molar-refractivity contribution in [3.63, 3.8) is 0 Å². The molecule has 2 aliphatic rings. The van der Waals surface area contributed by atoms with Crippen molar-refractivity contribution in [3.8, 4) is 0 Å². The summed E-state index contributed by atoms with van der Waals surface area (Å²) in [4.78, 5) is 22.4. The van der Waals surface area contributed by atoms with E-state index >= 15 is 0 Å². The SMILES string of the molecule is Cc1cn2cc(NC(=O)c3ccc(N4CCN5CCCC5C4)c4cn(C)nc34)cc(F)c2n1. The number of anilines is 2. The molecule has 0 aliphatic carbocycles. The molecule has 1 unspecified atom stereocenters. The Morgan fingerprint density at radius 3 is 2.94 bits per heavy atom. The first kappa shape index (κ1) is 20.2. The van der Waals surface area contributed by atoms with Crippen LogP contribution in [0.3, 0.4) is 0 Å².